The lowest BCUT2D eigenvalue weighted by molar-refractivity contribution is 0.102. The molecule has 3 aromatic rings. The summed E-state index contributed by atoms with van der Waals surface area (Å²) in [6, 6.07) is 12.5. The van der Waals surface area contributed by atoms with Gasteiger partial charge in [0, 0.05) is 17.3 Å². The fourth-order valence-corrected chi connectivity index (χ4v) is 3.04. The van der Waals surface area contributed by atoms with Crippen LogP contribution in [0.3, 0.4) is 0 Å². The Bertz CT molecular complexity index is 1030. The second-order valence-corrected chi connectivity index (χ2v) is 7.43. The molecule has 0 aliphatic rings. The van der Waals surface area contributed by atoms with Gasteiger partial charge in [0.25, 0.3) is 5.91 Å². The van der Waals surface area contributed by atoms with Gasteiger partial charge in [0.1, 0.15) is 18.1 Å². The summed E-state index contributed by atoms with van der Waals surface area (Å²) in [6.07, 6.45) is 1.78. The lowest BCUT2D eigenvalue weighted by Gasteiger charge is -2.14. The Morgan fingerprint density at radius 3 is 2.41 bits per heavy atom. The fourth-order valence-electron chi connectivity index (χ4n) is 3.04. The second kappa shape index (κ2) is 11.2. The van der Waals surface area contributed by atoms with Crippen molar-refractivity contribution < 1.29 is 23.5 Å². The first-order valence-electron chi connectivity index (χ1n) is 10.9. The molecule has 0 radical (unpaired) electrons. The number of hydrogen-bond donors (Lipinski definition) is 1. The second-order valence-electron chi connectivity index (χ2n) is 7.43. The number of aromatic nitrogens is 1. The van der Waals surface area contributed by atoms with Crippen LogP contribution in [0.2, 0.25) is 0 Å². The highest BCUT2D eigenvalue weighted by molar-refractivity contribution is 6.04. The maximum absolute atomic E-state index is 12.8. The van der Waals surface area contributed by atoms with Crippen LogP contribution in [0.15, 0.2) is 47.0 Å². The average molecular weight is 439 g/mol. The minimum absolute atomic E-state index is 0.239. The molecule has 1 heterocycles. The maximum Gasteiger partial charge on any atom is 0.255 e. The molecule has 2 aromatic carbocycles. The van der Waals surface area contributed by atoms with Crippen molar-refractivity contribution in [2.45, 2.75) is 47.1 Å². The van der Waals surface area contributed by atoms with Crippen molar-refractivity contribution >= 4 is 11.6 Å². The van der Waals surface area contributed by atoms with E-state index in [4.69, 9.17) is 18.7 Å². The third kappa shape index (κ3) is 6.03. The van der Waals surface area contributed by atoms with Crippen LogP contribution in [-0.4, -0.2) is 24.3 Å². The van der Waals surface area contributed by atoms with E-state index in [2.05, 4.69) is 10.5 Å². The molecule has 7 nitrogen and oxygen atoms in total. The van der Waals surface area contributed by atoms with E-state index in [1.54, 1.807) is 30.3 Å². The monoisotopic (exact) mass is 438 g/mol. The quantitative estimate of drug-likeness (QED) is 0.413. The maximum atomic E-state index is 12.8. The molecule has 0 aliphatic carbocycles. The first-order chi connectivity index (χ1) is 15.5. The van der Waals surface area contributed by atoms with Crippen molar-refractivity contribution in [2.75, 3.05) is 18.5 Å². The summed E-state index contributed by atoms with van der Waals surface area (Å²) in [5.74, 6) is 2.37. The van der Waals surface area contributed by atoms with Gasteiger partial charge in [-0.3, -0.25) is 4.79 Å². The van der Waals surface area contributed by atoms with Gasteiger partial charge in [-0.1, -0.05) is 25.1 Å². The molecule has 0 atom stereocenters. The van der Waals surface area contributed by atoms with Crippen molar-refractivity contribution in [3.05, 3.63) is 65.0 Å². The van der Waals surface area contributed by atoms with Gasteiger partial charge in [-0.2, -0.15) is 0 Å². The van der Waals surface area contributed by atoms with Crippen LogP contribution in [0.1, 0.15) is 54.1 Å². The number of benzene rings is 2. The van der Waals surface area contributed by atoms with Gasteiger partial charge >= 0.3 is 0 Å². The molecule has 1 amide bonds. The molecule has 0 bridgehead atoms. The Hall–Kier alpha value is -3.48. The molecule has 7 heteroatoms. The fraction of sp³-hybridized carbons (Fsp3) is 0.360. The van der Waals surface area contributed by atoms with Crippen LogP contribution >= 0.6 is 0 Å². The lowest BCUT2D eigenvalue weighted by Crippen LogP contribution is -2.12. The molecular weight excluding hydrogens is 408 g/mol. The van der Waals surface area contributed by atoms with Gasteiger partial charge in [0.2, 0.25) is 0 Å². The number of carbonyl (C=O) groups excluding carboxylic acids is 1. The third-order valence-electron chi connectivity index (χ3n) is 4.79. The number of nitrogens with one attached hydrogen (secondary N) is 1. The van der Waals surface area contributed by atoms with Gasteiger partial charge in [-0.25, -0.2) is 0 Å². The van der Waals surface area contributed by atoms with Crippen LogP contribution in [0, 0.1) is 13.8 Å². The largest absolute Gasteiger partial charge is 0.490 e. The van der Waals surface area contributed by atoms with Crippen LogP contribution in [-0.2, 0) is 6.61 Å². The first kappa shape index (κ1) is 23.2. The van der Waals surface area contributed by atoms with E-state index >= 15 is 0 Å². The topological polar surface area (TPSA) is 82.8 Å². The molecule has 0 saturated carbocycles. The smallest absolute Gasteiger partial charge is 0.255 e. The Kier molecular flexibility index (Phi) is 8.14. The zero-order valence-electron chi connectivity index (χ0n) is 19.1. The SMILES string of the molecule is CCCOc1ccc(NC(=O)c2cccc(OCc3c(C)noc3C)c2)cc1OCCC. The van der Waals surface area contributed by atoms with Crippen LogP contribution < -0.4 is 19.5 Å². The molecule has 0 aliphatic heterocycles. The molecule has 1 N–H and O–H groups in total. The zero-order chi connectivity index (χ0) is 22.9. The Morgan fingerprint density at radius 1 is 0.969 bits per heavy atom. The molecular formula is C25H30N2O5. The minimum Gasteiger partial charge on any atom is -0.490 e. The highest BCUT2D eigenvalue weighted by Crippen LogP contribution is 2.31. The summed E-state index contributed by atoms with van der Waals surface area (Å²) in [5, 5.41) is 6.85. The average Bonchev–Trinajstić information content (AvgIpc) is 3.12. The van der Waals surface area contributed by atoms with E-state index in [9.17, 15) is 4.79 Å². The van der Waals surface area contributed by atoms with Crippen molar-refractivity contribution in [1.29, 1.82) is 0 Å². The van der Waals surface area contributed by atoms with Crippen molar-refractivity contribution in [2.24, 2.45) is 0 Å². The summed E-state index contributed by atoms with van der Waals surface area (Å²) in [4.78, 5) is 12.8. The van der Waals surface area contributed by atoms with E-state index in [0.717, 1.165) is 29.9 Å². The number of nitrogens with zero attached hydrogens (tertiary/aromatic N) is 1. The summed E-state index contributed by atoms with van der Waals surface area (Å²) >= 11 is 0. The van der Waals surface area contributed by atoms with E-state index in [0.29, 0.717) is 48.3 Å². The first-order valence-corrected chi connectivity index (χ1v) is 10.9. The number of hydrogen-bond acceptors (Lipinski definition) is 6. The van der Waals surface area contributed by atoms with Crippen molar-refractivity contribution in [1.82, 2.24) is 5.16 Å². The standard InChI is InChI=1S/C25H30N2O5/c1-5-12-29-23-11-10-20(15-24(23)30-13-6-2)26-25(28)19-8-7-9-21(14-19)31-16-22-17(3)27-32-18(22)4/h7-11,14-15H,5-6,12-13,16H2,1-4H3,(H,26,28). The Morgan fingerprint density at radius 2 is 1.72 bits per heavy atom. The zero-order valence-corrected chi connectivity index (χ0v) is 19.1. The Balaban J connectivity index is 1.69. The predicted molar refractivity (Wildman–Crippen MR) is 123 cm³/mol. The third-order valence-corrected chi connectivity index (χ3v) is 4.79. The van der Waals surface area contributed by atoms with Gasteiger partial charge in [-0.05, 0) is 57.0 Å². The molecule has 0 spiro atoms. The van der Waals surface area contributed by atoms with Crippen LogP contribution in [0.5, 0.6) is 17.2 Å². The number of carbonyl (C=O) groups is 1. The molecule has 0 unspecified atom stereocenters. The van der Waals surface area contributed by atoms with Crippen LogP contribution in [0.25, 0.3) is 0 Å². The summed E-state index contributed by atoms with van der Waals surface area (Å²) in [5.41, 5.74) is 2.82. The van der Waals surface area contributed by atoms with Crippen molar-refractivity contribution in [3.63, 3.8) is 0 Å². The molecule has 1 aromatic heterocycles. The van der Waals surface area contributed by atoms with E-state index in [1.807, 2.05) is 39.8 Å². The van der Waals surface area contributed by atoms with E-state index in [1.165, 1.54) is 0 Å². The molecule has 32 heavy (non-hydrogen) atoms. The van der Waals surface area contributed by atoms with E-state index < -0.39 is 0 Å². The number of ether oxygens (including phenoxy) is 3. The summed E-state index contributed by atoms with van der Waals surface area (Å²) in [6.45, 7) is 9.31. The van der Waals surface area contributed by atoms with Gasteiger partial charge in [-0.15, -0.1) is 0 Å². The predicted octanol–water partition coefficient (Wildman–Crippen LogP) is 5.70. The molecule has 3 rings (SSSR count). The van der Waals surface area contributed by atoms with E-state index in [-0.39, 0.29) is 5.91 Å². The molecule has 0 fully saturated rings. The number of aryl methyl sites for hydroxylation is 2. The lowest BCUT2D eigenvalue weighted by atomic mass is 10.2. The summed E-state index contributed by atoms with van der Waals surface area (Å²) in [7, 11) is 0. The molecule has 0 saturated heterocycles. The highest BCUT2D eigenvalue weighted by atomic mass is 16.5. The van der Waals surface area contributed by atoms with Crippen LogP contribution in [0.4, 0.5) is 5.69 Å². The summed E-state index contributed by atoms with van der Waals surface area (Å²) < 4.78 is 22.6. The molecule has 170 valence electrons. The highest BCUT2D eigenvalue weighted by Gasteiger charge is 2.13. The van der Waals surface area contributed by atoms with Gasteiger partial charge in [0.05, 0.1) is 24.5 Å². The number of rotatable bonds is 11. The Labute approximate surface area is 188 Å². The van der Waals surface area contributed by atoms with Crippen molar-refractivity contribution in [3.8, 4) is 17.2 Å². The minimum atomic E-state index is -0.239. The van der Waals surface area contributed by atoms with Gasteiger partial charge < -0.3 is 24.1 Å². The number of amides is 1. The number of anilines is 1. The normalized spacial score (nSPS) is 10.6. The van der Waals surface area contributed by atoms with Gasteiger partial charge in [0.15, 0.2) is 11.5 Å².